The van der Waals surface area contributed by atoms with E-state index in [0.717, 1.165) is 11.1 Å². The van der Waals surface area contributed by atoms with Crippen molar-refractivity contribution in [2.75, 3.05) is 20.0 Å². The van der Waals surface area contributed by atoms with Gasteiger partial charge in [-0.1, -0.05) is 53.0 Å². The maximum absolute atomic E-state index is 6.58. The van der Waals surface area contributed by atoms with Crippen LogP contribution in [0.3, 0.4) is 0 Å². The first-order chi connectivity index (χ1) is 14.9. The van der Waals surface area contributed by atoms with Crippen LogP contribution in [0, 0.1) is 0 Å². The van der Waals surface area contributed by atoms with Crippen LogP contribution in [0.4, 0.5) is 5.82 Å². The summed E-state index contributed by atoms with van der Waals surface area (Å²) in [5.74, 6) is 1.89. The molecule has 2 N–H and O–H groups in total. The van der Waals surface area contributed by atoms with Crippen LogP contribution in [0.1, 0.15) is 0 Å². The Morgan fingerprint density at radius 1 is 0.839 bits per heavy atom. The number of anilines is 1. The minimum absolute atomic E-state index is 0.322. The summed E-state index contributed by atoms with van der Waals surface area (Å²) in [4.78, 5) is 4.32. The first-order valence-electron chi connectivity index (χ1n) is 9.11. The molecule has 4 aromatic rings. The smallest absolute Gasteiger partial charge is 0.174 e. The van der Waals surface area contributed by atoms with Gasteiger partial charge >= 0.3 is 0 Å². The first-order valence-corrected chi connectivity index (χ1v) is 10.2. The molecule has 0 atom stereocenters. The van der Waals surface area contributed by atoms with E-state index in [-0.39, 0.29) is 0 Å². The van der Waals surface area contributed by atoms with Gasteiger partial charge in [-0.15, -0.1) is 0 Å². The van der Waals surface area contributed by atoms with E-state index < -0.39 is 0 Å². The standard InChI is InChI=1S/C22H17Cl3N4O2/c1-30-17-8-5-13(9-18(17)31-2)19-20(12-3-6-14(23)7-4-12)28-29(21(19)26)22-16(25)10-15(24)11-27-22/h3-11H,26H2,1-2H3. The maximum atomic E-state index is 6.58. The van der Waals surface area contributed by atoms with Crippen molar-refractivity contribution in [3.8, 4) is 39.7 Å². The van der Waals surface area contributed by atoms with Gasteiger partial charge in [0.1, 0.15) is 11.5 Å². The van der Waals surface area contributed by atoms with Gasteiger partial charge in [0.25, 0.3) is 0 Å². The number of hydrogen-bond acceptors (Lipinski definition) is 5. The highest BCUT2D eigenvalue weighted by Crippen LogP contribution is 2.41. The highest BCUT2D eigenvalue weighted by molar-refractivity contribution is 6.35. The average molecular weight is 476 g/mol. The molecule has 0 fully saturated rings. The summed E-state index contributed by atoms with van der Waals surface area (Å²) >= 11 is 18.5. The molecule has 0 bridgehead atoms. The van der Waals surface area contributed by atoms with Crippen molar-refractivity contribution in [1.29, 1.82) is 0 Å². The zero-order chi connectivity index (χ0) is 22.1. The van der Waals surface area contributed by atoms with Crippen molar-refractivity contribution in [1.82, 2.24) is 14.8 Å². The summed E-state index contributed by atoms with van der Waals surface area (Å²) in [6, 6.07) is 14.4. The molecule has 0 saturated carbocycles. The molecule has 2 aromatic carbocycles. The van der Waals surface area contributed by atoms with Crippen LogP contribution in [0.2, 0.25) is 15.1 Å². The van der Waals surface area contributed by atoms with Gasteiger partial charge in [-0.25, -0.2) is 4.98 Å². The molecule has 0 aliphatic heterocycles. The third kappa shape index (κ3) is 4.02. The Morgan fingerprint density at radius 3 is 2.16 bits per heavy atom. The summed E-state index contributed by atoms with van der Waals surface area (Å²) in [6.07, 6.45) is 1.49. The van der Waals surface area contributed by atoms with Crippen LogP contribution in [0.25, 0.3) is 28.2 Å². The van der Waals surface area contributed by atoms with Crippen LogP contribution in [0.5, 0.6) is 11.5 Å². The number of nitrogens with zero attached hydrogens (tertiary/aromatic N) is 3. The number of hydrogen-bond donors (Lipinski definition) is 1. The summed E-state index contributed by atoms with van der Waals surface area (Å²) in [7, 11) is 3.16. The van der Waals surface area contributed by atoms with Crippen LogP contribution in [-0.2, 0) is 0 Å². The molecule has 2 heterocycles. The van der Waals surface area contributed by atoms with E-state index in [0.29, 0.717) is 49.5 Å². The highest BCUT2D eigenvalue weighted by atomic mass is 35.5. The Morgan fingerprint density at radius 2 is 1.52 bits per heavy atom. The van der Waals surface area contributed by atoms with Crippen molar-refractivity contribution in [2.45, 2.75) is 0 Å². The Balaban J connectivity index is 1.99. The number of rotatable bonds is 5. The molecule has 0 aliphatic rings. The highest BCUT2D eigenvalue weighted by Gasteiger charge is 2.23. The molecule has 158 valence electrons. The van der Waals surface area contributed by atoms with E-state index in [2.05, 4.69) is 4.98 Å². The Labute approximate surface area is 194 Å². The second kappa shape index (κ2) is 8.67. The molecule has 2 aromatic heterocycles. The normalized spacial score (nSPS) is 10.9. The molecule has 4 rings (SSSR count). The Bertz CT molecular complexity index is 1260. The first kappa shape index (κ1) is 21.3. The van der Waals surface area contributed by atoms with E-state index >= 15 is 0 Å². The molecule has 0 saturated heterocycles. The number of pyridine rings is 1. The third-order valence-corrected chi connectivity index (χ3v) is 5.44. The molecular formula is C22H17Cl3N4O2. The lowest BCUT2D eigenvalue weighted by atomic mass is 10.0. The lowest BCUT2D eigenvalue weighted by Crippen LogP contribution is -2.05. The Kier molecular flexibility index (Phi) is 5.96. The quantitative estimate of drug-likeness (QED) is 0.374. The van der Waals surface area contributed by atoms with E-state index in [1.165, 1.54) is 10.9 Å². The molecule has 9 heteroatoms. The van der Waals surface area contributed by atoms with Gasteiger partial charge in [0, 0.05) is 16.8 Å². The van der Waals surface area contributed by atoms with Crippen LogP contribution < -0.4 is 15.2 Å². The number of benzene rings is 2. The fraction of sp³-hybridized carbons (Fsp3) is 0.0909. The summed E-state index contributed by atoms with van der Waals surface area (Å²) in [5, 5.41) is 6.09. The zero-order valence-corrected chi connectivity index (χ0v) is 18.8. The van der Waals surface area contributed by atoms with Gasteiger partial charge in [0.15, 0.2) is 17.3 Å². The lowest BCUT2D eigenvalue weighted by Gasteiger charge is -2.11. The molecule has 0 unspecified atom stereocenters. The second-order valence-corrected chi connectivity index (χ2v) is 7.84. The fourth-order valence-electron chi connectivity index (χ4n) is 3.24. The van der Waals surface area contributed by atoms with Crippen molar-refractivity contribution < 1.29 is 9.47 Å². The number of halogens is 3. The fourth-order valence-corrected chi connectivity index (χ4v) is 3.83. The Hall–Kier alpha value is -2.93. The van der Waals surface area contributed by atoms with Gasteiger partial charge in [-0.05, 0) is 35.9 Å². The summed E-state index contributed by atoms with van der Waals surface area (Å²) in [5.41, 5.74) is 9.51. The van der Waals surface area contributed by atoms with Crippen LogP contribution >= 0.6 is 34.8 Å². The lowest BCUT2D eigenvalue weighted by molar-refractivity contribution is 0.355. The molecule has 0 aliphatic carbocycles. The van der Waals surface area contributed by atoms with Crippen molar-refractivity contribution in [2.24, 2.45) is 0 Å². The predicted octanol–water partition coefficient (Wildman–Crippen LogP) is 6.16. The van der Waals surface area contributed by atoms with Crippen molar-refractivity contribution in [3.05, 3.63) is 69.8 Å². The van der Waals surface area contributed by atoms with E-state index in [4.69, 9.17) is 55.1 Å². The molecule has 0 amide bonds. The number of nitrogens with two attached hydrogens (primary N) is 1. The van der Waals surface area contributed by atoms with Gasteiger partial charge in [0.05, 0.1) is 29.8 Å². The maximum Gasteiger partial charge on any atom is 0.174 e. The number of methoxy groups -OCH3 is 2. The topological polar surface area (TPSA) is 75.2 Å². The second-order valence-electron chi connectivity index (χ2n) is 6.56. The van der Waals surface area contributed by atoms with Gasteiger partial charge in [-0.2, -0.15) is 9.78 Å². The number of ether oxygens (including phenoxy) is 2. The SMILES string of the molecule is COc1ccc(-c2c(-c3ccc(Cl)cc3)nn(-c3ncc(Cl)cc3Cl)c2N)cc1OC. The largest absolute Gasteiger partial charge is 0.493 e. The van der Waals surface area contributed by atoms with E-state index in [1.807, 2.05) is 30.3 Å². The minimum atomic E-state index is 0.322. The van der Waals surface area contributed by atoms with Crippen molar-refractivity contribution in [3.63, 3.8) is 0 Å². The van der Waals surface area contributed by atoms with E-state index in [9.17, 15) is 0 Å². The van der Waals surface area contributed by atoms with Crippen LogP contribution in [0.15, 0.2) is 54.7 Å². The van der Waals surface area contributed by atoms with E-state index in [1.54, 1.807) is 32.4 Å². The van der Waals surface area contributed by atoms with Gasteiger partial charge in [-0.3, -0.25) is 0 Å². The predicted molar refractivity (Wildman–Crippen MR) is 125 cm³/mol. The number of aromatic nitrogens is 3. The molecular weight excluding hydrogens is 459 g/mol. The van der Waals surface area contributed by atoms with Crippen molar-refractivity contribution >= 4 is 40.6 Å². The average Bonchev–Trinajstić information content (AvgIpc) is 3.10. The molecule has 0 radical (unpaired) electrons. The van der Waals surface area contributed by atoms with Gasteiger partial charge in [0.2, 0.25) is 0 Å². The molecule has 6 nitrogen and oxygen atoms in total. The zero-order valence-electron chi connectivity index (χ0n) is 16.6. The van der Waals surface area contributed by atoms with Gasteiger partial charge < -0.3 is 15.2 Å². The summed E-state index contributed by atoms with van der Waals surface area (Å²) < 4.78 is 12.3. The summed E-state index contributed by atoms with van der Waals surface area (Å²) in [6.45, 7) is 0. The third-order valence-electron chi connectivity index (χ3n) is 4.70. The molecule has 31 heavy (non-hydrogen) atoms. The van der Waals surface area contributed by atoms with Crippen LogP contribution in [-0.4, -0.2) is 29.0 Å². The monoisotopic (exact) mass is 474 g/mol. The molecule has 0 spiro atoms. The minimum Gasteiger partial charge on any atom is -0.493 e. The number of nitrogen functional groups attached to an aromatic ring is 1.